The number of rotatable bonds is 4. The minimum atomic E-state index is 0.362. The molecule has 0 radical (unpaired) electrons. The predicted octanol–water partition coefficient (Wildman–Crippen LogP) is 6.01. The first-order valence-corrected chi connectivity index (χ1v) is 9.11. The van der Waals surface area contributed by atoms with Gasteiger partial charge < -0.3 is 4.42 Å². The molecule has 0 amide bonds. The lowest BCUT2D eigenvalue weighted by molar-refractivity contribution is 0.625. The molecule has 132 valence electrons. The van der Waals surface area contributed by atoms with Crippen molar-refractivity contribution in [3.63, 3.8) is 0 Å². The van der Waals surface area contributed by atoms with Gasteiger partial charge in [-0.15, -0.1) is 10.2 Å². The van der Waals surface area contributed by atoms with Crippen molar-refractivity contribution in [2.45, 2.75) is 12.8 Å². The number of aromatic amines is 1. The smallest absolute Gasteiger partial charge is 0.239 e. The number of aromatic nitrogens is 4. The van der Waals surface area contributed by atoms with Gasteiger partial charge in [-0.2, -0.15) is 5.21 Å². The molecular formula is C17H10Cl4N4O. The Morgan fingerprint density at radius 1 is 0.885 bits per heavy atom. The van der Waals surface area contributed by atoms with Gasteiger partial charge in [0.2, 0.25) is 5.82 Å². The van der Waals surface area contributed by atoms with Crippen LogP contribution in [0.3, 0.4) is 0 Å². The number of H-pyrrole nitrogens is 1. The molecular weight excluding hydrogens is 418 g/mol. The third-order valence-electron chi connectivity index (χ3n) is 3.98. The summed E-state index contributed by atoms with van der Waals surface area (Å²) in [7, 11) is 0. The predicted molar refractivity (Wildman–Crippen MR) is 103 cm³/mol. The largest absolute Gasteiger partial charge is 0.453 e. The Hall–Kier alpha value is -1.79. The fraction of sp³-hybridized carbons (Fsp3) is 0.118. The van der Waals surface area contributed by atoms with Crippen LogP contribution in [0.2, 0.25) is 20.1 Å². The monoisotopic (exact) mass is 426 g/mol. The second-order valence-corrected chi connectivity index (χ2v) is 7.30. The molecule has 1 N–H and O–H groups in total. The molecule has 0 fully saturated rings. The zero-order chi connectivity index (χ0) is 18.3. The van der Waals surface area contributed by atoms with Gasteiger partial charge in [-0.1, -0.05) is 46.4 Å². The summed E-state index contributed by atoms with van der Waals surface area (Å²) in [5.41, 5.74) is 2.64. The maximum absolute atomic E-state index is 6.43. The number of tetrazole rings is 1. The van der Waals surface area contributed by atoms with Gasteiger partial charge in [0, 0.05) is 10.4 Å². The van der Waals surface area contributed by atoms with E-state index in [9.17, 15) is 0 Å². The first-order valence-electron chi connectivity index (χ1n) is 7.60. The fourth-order valence-corrected chi connectivity index (χ4v) is 3.61. The lowest BCUT2D eigenvalue weighted by Crippen LogP contribution is -1.93. The van der Waals surface area contributed by atoms with Crippen LogP contribution in [-0.4, -0.2) is 20.6 Å². The molecule has 0 aliphatic heterocycles. The molecule has 0 aliphatic carbocycles. The van der Waals surface area contributed by atoms with Crippen LogP contribution in [0.5, 0.6) is 0 Å². The summed E-state index contributed by atoms with van der Waals surface area (Å²) in [6, 6.07) is 9.23. The number of furan rings is 1. The number of benzene rings is 2. The molecule has 5 nitrogen and oxygen atoms in total. The zero-order valence-corrected chi connectivity index (χ0v) is 16.1. The number of hydrogen-bond acceptors (Lipinski definition) is 4. The van der Waals surface area contributed by atoms with E-state index < -0.39 is 0 Å². The molecule has 0 saturated heterocycles. The van der Waals surface area contributed by atoms with Gasteiger partial charge in [-0.3, -0.25) is 0 Å². The molecule has 9 heteroatoms. The maximum Gasteiger partial charge on any atom is 0.239 e. The first-order chi connectivity index (χ1) is 12.5. The summed E-state index contributed by atoms with van der Waals surface area (Å²) in [6.45, 7) is 0. The van der Waals surface area contributed by atoms with Crippen molar-refractivity contribution in [3.8, 4) is 11.6 Å². The van der Waals surface area contributed by atoms with Gasteiger partial charge in [0.05, 0.1) is 15.1 Å². The number of aryl methyl sites for hydroxylation is 2. The summed E-state index contributed by atoms with van der Waals surface area (Å²) in [5.74, 6) is 0.919. The highest BCUT2D eigenvalue weighted by atomic mass is 35.5. The van der Waals surface area contributed by atoms with Crippen LogP contribution in [0.15, 0.2) is 34.7 Å². The van der Waals surface area contributed by atoms with Crippen LogP contribution in [0.25, 0.3) is 22.6 Å². The number of hydrogen-bond donors (Lipinski definition) is 1. The number of nitrogens with zero attached hydrogens (tertiary/aromatic N) is 3. The number of fused-ring (bicyclic) bond motifs is 1. The van der Waals surface area contributed by atoms with Gasteiger partial charge in [0.15, 0.2) is 5.76 Å². The quantitative estimate of drug-likeness (QED) is 0.405. The van der Waals surface area contributed by atoms with Gasteiger partial charge in [-0.25, -0.2) is 0 Å². The van der Waals surface area contributed by atoms with E-state index in [0.717, 1.165) is 16.5 Å². The Morgan fingerprint density at radius 3 is 2.35 bits per heavy atom. The molecule has 0 unspecified atom stereocenters. The van der Waals surface area contributed by atoms with Gasteiger partial charge in [-0.05, 0) is 59.5 Å². The zero-order valence-electron chi connectivity index (χ0n) is 13.1. The van der Waals surface area contributed by atoms with Crippen LogP contribution in [0, 0.1) is 0 Å². The Labute approximate surface area is 168 Å². The summed E-state index contributed by atoms with van der Waals surface area (Å²) in [5, 5.41) is 16.5. The number of nitrogens with one attached hydrogen (secondary N) is 1. The van der Waals surface area contributed by atoms with E-state index in [-0.39, 0.29) is 0 Å². The summed E-state index contributed by atoms with van der Waals surface area (Å²) < 4.78 is 5.81. The normalized spacial score (nSPS) is 11.4. The molecule has 4 rings (SSSR count). The molecule has 2 aromatic carbocycles. The number of halogens is 4. The minimum absolute atomic E-state index is 0.362. The first kappa shape index (κ1) is 17.6. The maximum atomic E-state index is 6.43. The van der Waals surface area contributed by atoms with E-state index in [2.05, 4.69) is 20.6 Å². The van der Waals surface area contributed by atoms with Crippen LogP contribution < -0.4 is 0 Å². The van der Waals surface area contributed by atoms with Crippen LogP contribution in [0.4, 0.5) is 0 Å². The molecule has 0 aliphatic rings. The van der Waals surface area contributed by atoms with E-state index in [4.69, 9.17) is 50.8 Å². The molecule has 4 aromatic rings. The molecule has 26 heavy (non-hydrogen) atoms. The molecule has 0 spiro atoms. The average Bonchev–Trinajstić information content (AvgIpc) is 3.26. The average molecular weight is 428 g/mol. The minimum Gasteiger partial charge on any atom is -0.453 e. The van der Waals surface area contributed by atoms with Crippen molar-refractivity contribution in [2.24, 2.45) is 0 Å². The van der Waals surface area contributed by atoms with Gasteiger partial charge >= 0.3 is 0 Å². The topological polar surface area (TPSA) is 67.6 Å². The Morgan fingerprint density at radius 2 is 1.65 bits per heavy atom. The van der Waals surface area contributed by atoms with Crippen LogP contribution in [-0.2, 0) is 12.8 Å². The van der Waals surface area contributed by atoms with Crippen molar-refractivity contribution < 1.29 is 4.42 Å². The third kappa shape index (κ3) is 3.40. The summed E-state index contributed by atoms with van der Waals surface area (Å²) in [6.07, 6.45) is 1.40. The highest BCUT2D eigenvalue weighted by Crippen LogP contribution is 2.33. The second-order valence-electron chi connectivity index (χ2n) is 5.70. The van der Waals surface area contributed by atoms with E-state index in [1.807, 2.05) is 30.3 Å². The standard InChI is InChI=1S/C17H10Cl4N4O/c18-11-5-10-7-15(17-22-24-25-23-17)26-14(10)6-9(11)2-1-8-3-12(19)16(21)13(20)4-8/h3-7H,1-2H2,(H,22,23,24,25). The van der Waals surface area contributed by atoms with Crippen LogP contribution >= 0.6 is 46.4 Å². The van der Waals surface area contributed by atoms with Crippen LogP contribution in [0.1, 0.15) is 11.1 Å². The highest BCUT2D eigenvalue weighted by molar-refractivity contribution is 6.48. The molecule has 2 heterocycles. The lowest BCUT2D eigenvalue weighted by Gasteiger charge is -2.07. The van der Waals surface area contributed by atoms with Crippen molar-refractivity contribution >= 4 is 57.4 Å². The van der Waals surface area contributed by atoms with E-state index in [1.54, 1.807) is 0 Å². The Kier molecular flexibility index (Phi) is 4.80. The highest BCUT2D eigenvalue weighted by Gasteiger charge is 2.13. The molecule has 0 bridgehead atoms. The lowest BCUT2D eigenvalue weighted by atomic mass is 10.0. The SMILES string of the molecule is Clc1cc2cc(-c3nn[nH]n3)oc2cc1CCc1cc(Cl)c(Cl)c(Cl)c1. The third-order valence-corrected chi connectivity index (χ3v) is 5.53. The fourth-order valence-electron chi connectivity index (χ4n) is 2.70. The van der Waals surface area contributed by atoms with Crippen molar-refractivity contribution in [2.75, 3.05) is 0 Å². The van der Waals surface area contributed by atoms with E-state index in [1.165, 1.54) is 0 Å². The Bertz CT molecular complexity index is 1070. The van der Waals surface area contributed by atoms with Crippen molar-refractivity contribution in [1.29, 1.82) is 0 Å². The van der Waals surface area contributed by atoms with Crippen molar-refractivity contribution in [3.05, 3.63) is 61.5 Å². The van der Waals surface area contributed by atoms with Gasteiger partial charge in [0.25, 0.3) is 0 Å². The molecule has 0 saturated carbocycles. The van der Waals surface area contributed by atoms with Crippen molar-refractivity contribution in [1.82, 2.24) is 20.6 Å². The second kappa shape index (κ2) is 7.08. The Balaban J connectivity index is 1.61. The van der Waals surface area contributed by atoms with E-state index in [0.29, 0.717) is 50.1 Å². The molecule has 2 aromatic heterocycles. The van der Waals surface area contributed by atoms with E-state index >= 15 is 0 Å². The summed E-state index contributed by atoms with van der Waals surface area (Å²) in [4.78, 5) is 0. The molecule has 0 atom stereocenters. The summed E-state index contributed by atoms with van der Waals surface area (Å²) >= 11 is 24.6. The van der Waals surface area contributed by atoms with Gasteiger partial charge in [0.1, 0.15) is 5.58 Å².